The van der Waals surface area contributed by atoms with Gasteiger partial charge in [-0.25, -0.2) is 0 Å². The van der Waals surface area contributed by atoms with Gasteiger partial charge < -0.3 is 15.4 Å². The summed E-state index contributed by atoms with van der Waals surface area (Å²) in [7, 11) is 1.63. The molecule has 134 valence electrons. The van der Waals surface area contributed by atoms with Crippen LogP contribution < -0.4 is 15.4 Å². The number of nitrogens with zero attached hydrogens (tertiary/aromatic N) is 2. The Kier molecular flexibility index (Phi) is 6.69. The highest BCUT2D eigenvalue weighted by Crippen LogP contribution is 2.28. The lowest BCUT2D eigenvalue weighted by Gasteiger charge is -2.04. The quantitative estimate of drug-likeness (QED) is 0.366. The van der Waals surface area contributed by atoms with E-state index in [-0.39, 0.29) is 11.7 Å². The van der Waals surface area contributed by atoms with Gasteiger partial charge in [0.2, 0.25) is 11.0 Å². The largest absolute Gasteiger partial charge is 0.497 e. The number of nitrogens with one attached hydrogen (secondary N) is 2. The molecule has 3 aromatic rings. The smallest absolute Gasteiger partial charge is 0.234 e. The highest BCUT2D eigenvalue weighted by atomic mass is 127. The summed E-state index contributed by atoms with van der Waals surface area (Å²) in [6.07, 6.45) is 0. The molecule has 26 heavy (non-hydrogen) atoms. The third-order valence-electron chi connectivity index (χ3n) is 3.18. The Balaban J connectivity index is 1.51. The zero-order valence-corrected chi connectivity index (χ0v) is 17.5. The number of hydrogen-bond acceptors (Lipinski definition) is 7. The fraction of sp³-hybridized carbons (Fsp3) is 0.118. The molecule has 3 rings (SSSR count). The number of anilines is 3. The van der Waals surface area contributed by atoms with Crippen molar-refractivity contribution < 1.29 is 9.53 Å². The van der Waals surface area contributed by atoms with Crippen molar-refractivity contribution in [2.45, 2.75) is 4.34 Å². The first-order chi connectivity index (χ1) is 12.6. The first kappa shape index (κ1) is 18.9. The number of aromatic nitrogens is 2. The monoisotopic (exact) mass is 498 g/mol. The lowest BCUT2D eigenvalue weighted by molar-refractivity contribution is -0.113. The Labute approximate surface area is 172 Å². The van der Waals surface area contributed by atoms with Gasteiger partial charge in [-0.05, 0) is 59.0 Å². The number of carbonyl (C=O) groups is 1. The van der Waals surface area contributed by atoms with Crippen LogP contribution in [0.25, 0.3) is 0 Å². The average molecular weight is 498 g/mol. The summed E-state index contributed by atoms with van der Waals surface area (Å²) in [5.41, 5.74) is 1.65. The molecule has 0 aliphatic carbocycles. The van der Waals surface area contributed by atoms with E-state index in [0.717, 1.165) is 25.0 Å². The molecule has 0 aliphatic rings. The summed E-state index contributed by atoms with van der Waals surface area (Å²) < 4.78 is 7.05. The molecule has 2 aromatic carbocycles. The number of carbonyl (C=O) groups excluding carboxylic acids is 1. The second-order valence-electron chi connectivity index (χ2n) is 5.07. The molecule has 0 fully saturated rings. The van der Waals surface area contributed by atoms with Crippen LogP contribution in [-0.4, -0.2) is 29.0 Å². The van der Waals surface area contributed by atoms with Gasteiger partial charge in [-0.1, -0.05) is 29.2 Å². The summed E-state index contributed by atoms with van der Waals surface area (Å²) >= 11 is 4.98. The van der Waals surface area contributed by atoms with Crippen molar-refractivity contribution in [2.24, 2.45) is 0 Å². The average Bonchev–Trinajstić information content (AvgIpc) is 3.09. The number of ether oxygens (including phenoxy) is 1. The third kappa shape index (κ3) is 5.58. The van der Waals surface area contributed by atoms with Crippen LogP contribution in [0.2, 0.25) is 0 Å². The highest BCUT2D eigenvalue weighted by molar-refractivity contribution is 14.1. The minimum atomic E-state index is -0.0753. The van der Waals surface area contributed by atoms with Crippen LogP contribution in [0.4, 0.5) is 16.5 Å². The number of rotatable bonds is 7. The molecule has 0 atom stereocenters. The summed E-state index contributed by atoms with van der Waals surface area (Å²) in [6.45, 7) is 0. The molecule has 1 aromatic heterocycles. The van der Waals surface area contributed by atoms with Crippen molar-refractivity contribution in [1.82, 2.24) is 10.2 Å². The van der Waals surface area contributed by atoms with E-state index in [1.807, 2.05) is 48.5 Å². The summed E-state index contributed by atoms with van der Waals surface area (Å²) in [6, 6.07) is 15.2. The van der Waals surface area contributed by atoms with E-state index in [1.54, 1.807) is 7.11 Å². The lowest BCUT2D eigenvalue weighted by Crippen LogP contribution is -2.13. The maximum Gasteiger partial charge on any atom is 0.234 e. The van der Waals surface area contributed by atoms with Gasteiger partial charge in [0.15, 0.2) is 4.34 Å². The van der Waals surface area contributed by atoms with Crippen molar-refractivity contribution in [3.63, 3.8) is 0 Å². The van der Waals surface area contributed by atoms with E-state index in [1.165, 1.54) is 23.1 Å². The lowest BCUT2D eigenvalue weighted by atomic mass is 10.3. The van der Waals surface area contributed by atoms with Crippen molar-refractivity contribution >= 4 is 68.1 Å². The maximum absolute atomic E-state index is 12.0. The fourth-order valence-corrected chi connectivity index (χ4v) is 3.93. The Hall–Kier alpha value is -1.85. The second-order valence-corrected chi connectivity index (χ2v) is 8.52. The van der Waals surface area contributed by atoms with Crippen LogP contribution in [0.15, 0.2) is 52.9 Å². The molecule has 0 saturated heterocycles. The Morgan fingerprint density at radius 1 is 1.19 bits per heavy atom. The van der Waals surface area contributed by atoms with Crippen molar-refractivity contribution in [1.29, 1.82) is 0 Å². The Bertz CT molecular complexity index is 886. The van der Waals surface area contributed by atoms with Gasteiger partial charge in [-0.2, -0.15) is 0 Å². The van der Waals surface area contributed by atoms with Gasteiger partial charge in [-0.15, -0.1) is 10.2 Å². The van der Waals surface area contributed by atoms with Crippen molar-refractivity contribution in [3.05, 3.63) is 52.1 Å². The number of amides is 1. The second kappa shape index (κ2) is 9.19. The molecule has 0 radical (unpaired) electrons. The van der Waals surface area contributed by atoms with Crippen LogP contribution in [0.3, 0.4) is 0 Å². The maximum atomic E-state index is 12.0. The van der Waals surface area contributed by atoms with Gasteiger partial charge in [-0.3, -0.25) is 4.79 Å². The molecule has 9 heteroatoms. The predicted octanol–water partition coefficient (Wildman–Crippen LogP) is 4.63. The van der Waals surface area contributed by atoms with E-state index < -0.39 is 0 Å². The summed E-state index contributed by atoms with van der Waals surface area (Å²) in [5.74, 6) is 0.967. The van der Waals surface area contributed by atoms with E-state index in [2.05, 4.69) is 43.4 Å². The molecule has 0 aliphatic heterocycles. The molecular weight excluding hydrogens is 483 g/mol. The van der Waals surface area contributed by atoms with Crippen molar-refractivity contribution in [2.75, 3.05) is 23.5 Å². The van der Waals surface area contributed by atoms with Gasteiger partial charge in [0.1, 0.15) is 5.75 Å². The first-order valence-electron chi connectivity index (χ1n) is 7.55. The van der Waals surface area contributed by atoms with Gasteiger partial charge in [0.05, 0.1) is 12.9 Å². The Morgan fingerprint density at radius 2 is 2.00 bits per heavy atom. The van der Waals surface area contributed by atoms with Gasteiger partial charge in [0.25, 0.3) is 0 Å². The zero-order chi connectivity index (χ0) is 18.4. The third-order valence-corrected chi connectivity index (χ3v) is 5.87. The molecule has 0 bridgehead atoms. The van der Waals surface area contributed by atoms with E-state index in [4.69, 9.17) is 4.74 Å². The van der Waals surface area contributed by atoms with Crippen LogP contribution >= 0.6 is 45.7 Å². The van der Waals surface area contributed by atoms with Crippen LogP contribution in [0.1, 0.15) is 0 Å². The fourth-order valence-electron chi connectivity index (χ4n) is 2.00. The van der Waals surface area contributed by atoms with Crippen LogP contribution in [0.5, 0.6) is 5.75 Å². The number of methoxy groups -OCH3 is 1. The van der Waals surface area contributed by atoms with E-state index in [9.17, 15) is 4.79 Å². The molecular formula is C17H15IN4O2S2. The minimum Gasteiger partial charge on any atom is -0.497 e. The molecule has 1 heterocycles. The molecule has 0 saturated carbocycles. The zero-order valence-electron chi connectivity index (χ0n) is 13.7. The van der Waals surface area contributed by atoms with Gasteiger partial charge >= 0.3 is 0 Å². The SMILES string of the molecule is COc1cccc(Nc2nnc(SCC(=O)Nc3ccc(I)cc3)s2)c1. The van der Waals surface area contributed by atoms with Crippen molar-refractivity contribution in [3.8, 4) is 5.75 Å². The number of halogens is 1. The Morgan fingerprint density at radius 3 is 2.77 bits per heavy atom. The normalized spacial score (nSPS) is 10.4. The molecule has 0 unspecified atom stereocenters. The number of hydrogen-bond donors (Lipinski definition) is 2. The minimum absolute atomic E-state index is 0.0753. The van der Waals surface area contributed by atoms with Gasteiger partial charge in [0, 0.05) is 21.0 Å². The van der Waals surface area contributed by atoms with E-state index >= 15 is 0 Å². The number of thioether (sulfide) groups is 1. The van der Waals surface area contributed by atoms with E-state index in [0.29, 0.717) is 5.13 Å². The number of benzene rings is 2. The highest BCUT2D eigenvalue weighted by Gasteiger charge is 2.09. The first-order valence-corrected chi connectivity index (χ1v) is 10.4. The summed E-state index contributed by atoms with van der Waals surface area (Å²) in [5, 5.41) is 14.9. The van der Waals surface area contributed by atoms with Crippen LogP contribution in [-0.2, 0) is 4.79 Å². The molecule has 6 nitrogen and oxygen atoms in total. The molecule has 0 spiro atoms. The topological polar surface area (TPSA) is 76.1 Å². The predicted molar refractivity (Wildman–Crippen MR) is 115 cm³/mol. The van der Waals surface area contributed by atoms with Crippen LogP contribution in [0, 0.1) is 3.57 Å². The molecule has 2 N–H and O–H groups in total. The summed E-state index contributed by atoms with van der Waals surface area (Å²) in [4.78, 5) is 12.0. The standard InChI is InChI=1S/C17H15IN4O2S2/c1-24-14-4-2-3-13(9-14)20-16-21-22-17(26-16)25-10-15(23)19-12-7-5-11(18)6-8-12/h2-9H,10H2,1H3,(H,19,23)(H,20,21). The molecule has 1 amide bonds.